The highest BCUT2D eigenvalue weighted by molar-refractivity contribution is 5.76. The third-order valence-corrected chi connectivity index (χ3v) is 2.32. The van der Waals surface area contributed by atoms with E-state index in [0.717, 1.165) is 5.56 Å². The lowest BCUT2D eigenvalue weighted by atomic mass is 10.0. The summed E-state index contributed by atoms with van der Waals surface area (Å²) in [6.45, 7) is 0.0706. The molecule has 0 heterocycles. The summed E-state index contributed by atoms with van der Waals surface area (Å²) in [7, 11) is 0. The smallest absolute Gasteiger partial charge is 0.325 e. The molecule has 16 heavy (non-hydrogen) atoms. The molecule has 88 valence electrons. The monoisotopic (exact) mass is 225 g/mol. The van der Waals surface area contributed by atoms with E-state index in [9.17, 15) is 9.90 Å². The minimum Gasteiger partial charge on any atom is -0.508 e. The van der Waals surface area contributed by atoms with E-state index in [0.29, 0.717) is 12.8 Å². The van der Waals surface area contributed by atoms with Gasteiger partial charge in [0.15, 0.2) is 0 Å². The van der Waals surface area contributed by atoms with Crippen LogP contribution in [0.2, 0.25) is 0 Å². The van der Waals surface area contributed by atoms with Crippen LogP contribution in [-0.4, -0.2) is 27.9 Å². The number of phenols is 1. The maximum absolute atomic E-state index is 10.7. The molecule has 5 nitrogen and oxygen atoms in total. The number of aliphatic hydroxyl groups excluding tert-OH is 1. The van der Waals surface area contributed by atoms with Crippen molar-refractivity contribution in [2.24, 2.45) is 5.73 Å². The van der Waals surface area contributed by atoms with E-state index in [2.05, 4.69) is 0 Å². The van der Waals surface area contributed by atoms with E-state index >= 15 is 0 Å². The highest BCUT2D eigenvalue weighted by Crippen LogP contribution is 2.24. The van der Waals surface area contributed by atoms with E-state index in [1.807, 2.05) is 0 Å². The van der Waals surface area contributed by atoms with E-state index in [1.54, 1.807) is 12.1 Å². The van der Waals surface area contributed by atoms with Gasteiger partial charge in [0.25, 0.3) is 0 Å². The van der Waals surface area contributed by atoms with Gasteiger partial charge in [-0.05, 0) is 30.5 Å². The van der Waals surface area contributed by atoms with Crippen LogP contribution in [0.1, 0.15) is 23.6 Å². The topological polar surface area (TPSA) is 104 Å². The van der Waals surface area contributed by atoms with Crippen LogP contribution in [0.5, 0.6) is 5.75 Å². The Balaban J connectivity index is 2.94. The van der Waals surface area contributed by atoms with Crippen LogP contribution in [0, 0.1) is 0 Å². The van der Waals surface area contributed by atoms with Gasteiger partial charge in [-0.3, -0.25) is 4.79 Å². The molecule has 0 aliphatic heterocycles. The van der Waals surface area contributed by atoms with Crippen LogP contribution in [-0.2, 0) is 11.2 Å². The van der Waals surface area contributed by atoms with Crippen molar-refractivity contribution in [3.63, 3.8) is 0 Å². The summed E-state index contributed by atoms with van der Waals surface area (Å²) in [5.41, 5.74) is 6.47. The van der Waals surface area contributed by atoms with Crippen molar-refractivity contribution in [3.8, 4) is 5.75 Å². The minimum atomic E-state index is -1.23. The molecule has 1 aromatic carbocycles. The van der Waals surface area contributed by atoms with Gasteiger partial charge in [0.1, 0.15) is 11.8 Å². The zero-order valence-corrected chi connectivity index (χ0v) is 8.76. The molecular weight excluding hydrogens is 210 g/mol. The van der Waals surface area contributed by atoms with Crippen molar-refractivity contribution in [3.05, 3.63) is 29.3 Å². The molecule has 1 rings (SSSR count). The number of carbonyl (C=O) groups is 1. The molecule has 0 aliphatic rings. The Morgan fingerprint density at radius 3 is 2.69 bits per heavy atom. The number of hydrogen-bond donors (Lipinski definition) is 4. The van der Waals surface area contributed by atoms with Gasteiger partial charge in [-0.2, -0.15) is 0 Å². The van der Waals surface area contributed by atoms with Crippen LogP contribution < -0.4 is 5.73 Å². The molecule has 1 atom stereocenters. The molecule has 0 saturated heterocycles. The van der Waals surface area contributed by atoms with Crippen molar-refractivity contribution < 1.29 is 20.1 Å². The van der Waals surface area contributed by atoms with E-state index in [-0.39, 0.29) is 17.9 Å². The first-order valence-electron chi connectivity index (χ1n) is 4.97. The lowest BCUT2D eigenvalue weighted by Gasteiger charge is -2.11. The number of aromatic hydroxyl groups is 1. The van der Waals surface area contributed by atoms with Crippen LogP contribution in [0.15, 0.2) is 18.2 Å². The molecule has 0 saturated carbocycles. The second-order valence-corrected chi connectivity index (χ2v) is 3.54. The molecule has 5 N–H and O–H groups in total. The van der Waals surface area contributed by atoms with Gasteiger partial charge in [0, 0.05) is 12.2 Å². The fourth-order valence-corrected chi connectivity index (χ4v) is 1.42. The number of carboxylic acid groups (broad SMARTS) is 1. The normalized spacial score (nSPS) is 12.4. The number of nitrogens with two attached hydrogens (primary N) is 1. The minimum absolute atomic E-state index is 0.0706. The van der Waals surface area contributed by atoms with Gasteiger partial charge < -0.3 is 21.1 Å². The molecule has 0 spiro atoms. The second kappa shape index (κ2) is 5.48. The molecule has 0 bridgehead atoms. The summed E-state index contributed by atoms with van der Waals surface area (Å²) in [6.07, 6.45) is 1.21. The van der Waals surface area contributed by atoms with Crippen molar-refractivity contribution in [1.29, 1.82) is 0 Å². The number of rotatable bonds is 5. The summed E-state index contributed by atoms with van der Waals surface area (Å²) >= 11 is 0. The lowest BCUT2D eigenvalue weighted by Crippen LogP contribution is -2.20. The highest BCUT2D eigenvalue weighted by Gasteiger charge is 2.18. The predicted molar refractivity (Wildman–Crippen MR) is 58.1 cm³/mol. The highest BCUT2D eigenvalue weighted by atomic mass is 16.4. The first-order valence-corrected chi connectivity index (χ1v) is 4.97. The van der Waals surface area contributed by atoms with Gasteiger partial charge in [0.2, 0.25) is 0 Å². The first kappa shape index (κ1) is 12.5. The fourth-order valence-electron chi connectivity index (χ4n) is 1.42. The molecule has 0 aromatic heterocycles. The Hall–Kier alpha value is -1.59. The molecule has 0 fully saturated rings. The lowest BCUT2D eigenvalue weighted by molar-refractivity contribution is -0.138. The number of hydrogen-bond acceptors (Lipinski definition) is 4. The van der Waals surface area contributed by atoms with Crippen molar-refractivity contribution in [2.75, 3.05) is 6.61 Å². The van der Waals surface area contributed by atoms with Crippen LogP contribution in [0.3, 0.4) is 0 Å². The quantitative estimate of drug-likeness (QED) is 0.580. The molecule has 0 radical (unpaired) electrons. The number of carboxylic acids is 1. The van der Waals surface area contributed by atoms with E-state index in [4.69, 9.17) is 15.9 Å². The second-order valence-electron chi connectivity index (χ2n) is 3.54. The van der Waals surface area contributed by atoms with Crippen molar-refractivity contribution >= 4 is 5.97 Å². The summed E-state index contributed by atoms with van der Waals surface area (Å²) < 4.78 is 0. The third-order valence-electron chi connectivity index (χ3n) is 2.32. The predicted octanol–water partition coefficient (Wildman–Crippen LogP) is 0.401. The number of aliphatic hydroxyl groups is 1. The van der Waals surface area contributed by atoms with Gasteiger partial charge >= 0.3 is 5.97 Å². The molecule has 1 aromatic rings. The van der Waals surface area contributed by atoms with Gasteiger partial charge in [0.05, 0.1) is 0 Å². The Bertz CT molecular complexity index is 378. The van der Waals surface area contributed by atoms with E-state index < -0.39 is 12.0 Å². The van der Waals surface area contributed by atoms with Crippen LogP contribution in [0.25, 0.3) is 0 Å². The summed E-state index contributed by atoms with van der Waals surface area (Å²) in [5, 5.41) is 26.9. The number of aliphatic carboxylic acids is 1. The third kappa shape index (κ3) is 2.95. The Morgan fingerprint density at radius 1 is 1.44 bits per heavy atom. The molecule has 0 amide bonds. The maximum Gasteiger partial charge on any atom is 0.325 e. The molecule has 5 heteroatoms. The zero-order valence-electron chi connectivity index (χ0n) is 8.76. The largest absolute Gasteiger partial charge is 0.508 e. The molecule has 0 aliphatic carbocycles. The standard InChI is InChI=1S/C11H15NO4/c12-10(11(15)16)8-6-7(2-1-5-13)3-4-9(8)14/h3-4,6,10,13-14H,1-2,5,12H2,(H,15,16)/t10-/m0/s1. The van der Waals surface area contributed by atoms with Crippen molar-refractivity contribution in [2.45, 2.75) is 18.9 Å². The average molecular weight is 225 g/mol. The molecule has 0 unspecified atom stereocenters. The average Bonchev–Trinajstić information content (AvgIpc) is 2.27. The van der Waals surface area contributed by atoms with Crippen LogP contribution in [0.4, 0.5) is 0 Å². The van der Waals surface area contributed by atoms with E-state index in [1.165, 1.54) is 6.07 Å². The first-order chi connectivity index (χ1) is 7.56. The zero-order chi connectivity index (χ0) is 12.1. The van der Waals surface area contributed by atoms with Crippen molar-refractivity contribution in [1.82, 2.24) is 0 Å². The SMILES string of the molecule is N[C@H](C(=O)O)c1cc(CCCO)ccc1O. The number of phenolic OH excluding ortho intramolecular Hbond substituents is 1. The van der Waals surface area contributed by atoms with Gasteiger partial charge in [-0.1, -0.05) is 6.07 Å². The Morgan fingerprint density at radius 2 is 2.12 bits per heavy atom. The Labute approximate surface area is 93.1 Å². The van der Waals surface area contributed by atoms with Gasteiger partial charge in [-0.15, -0.1) is 0 Å². The summed E-state index contributed by atoms with van der Waals surface area (Å²) in [6, 6.07) is 3.44. The Kier molecular flexibility index (Phi) is 4.28. The fraction of sp³-hybridized carbons (Fsp3) is 0.364. The summed E-state index contributed by atoms with van der Waals surface area (Å²) in [5.74, 6) is -1.31. The van der Waals surface area contributed by atoms with Crippen LogP contribution >= 0.6 is 0 Å². The molecular formula is C11H15NO4. The maximum atomic E-state index is 10.7. The number of aryl methyl sites for hydroxylation is 1. The summed E-state index contributed by atoms with van der Waals surface area (Å²) in [4.78, 5) is 10.7. The van der Waals surface area contributed by atoms with Gasteiger partial charge in [-0.25, -0.2) is 0 Å². The number of benzene rings is 1.